The number of rotatable bonds is 3. The number of hydrogen-bond acceptors (Lipinski definition) is 4. The number of carbonyl (C=O) groups excluding carboxylic acids is 1. The molecule has 0 aromatic carbocycles. The average Bonchev–Trinajstić information content (AvgIpc) is 2.29. The Labute approximate surface area is 82.1 Å². The molecular weight excluding hydrogens is 196 g/mol. The molecule has 0 aliphatic carbocycles. The van der Waals surface area contributed by atoms with Gasteiger partial charge in [-0.15, -0.1) is 0 Å². The fourth-order valence-electron chi connectivity index (χ4n) is 1.18. The molecule has 4 nitrogen and oxygen atoms in total. The zero-order valence-corrected chi connectivity index (χ0v) is 8.47. The van der Waals surface area contributed by atoms with E-state index in [1.807, 2.05) is 13.8 Å². The second kappa shape index (κ2) is 4.26. The standard InChI is InChI=1S/C8H13ClO4/c1-8(2)12-5-6(13-8)3-4-11-7(9)10/h6H,3-5H2,1-2H3. The Bertz CT molecular complexity index is 193. The van der Waals surface area contributed by atoms with Crippen molar-refractivity contribution in [1.82, 2.24) is 0 Å². The largest absolute Gasteiger partial charge is 0.454 e. The lowest BCUT2D eigenvalue weighted by Gasteiger charge is -2.16. The molecule has 1 fully saturated rings. The van der Waals surface area contributed by atoms with Crippen LogP contribution in [0.1, 0.15) is 20.3 Å². The van der Waals surface area contributed by atoms with Gasteiger partial charge in [0.2, 0.25) is 0 Å². The topological polar surface area (TPSA) is 44.8 Å². The highest BCUT2D eigenvalue weighted by Crippen LogP contribution is 2.23. The van der Waals surface area contributed by atoms with Crippen molar-refractivity contribution in [3.05, 3.63) is 0 Å². The molecule has 0 aromatic rings. The first-order valence-electron chi connectivity index (χ1n) is 4.14. The third-order valence-corrected chi connectivity index (χ3v) is 1.83. The average molecular weight is 209 g/mol. The highest BCUT2D eigenvalue weighted by atomic mass is 35.5. The van der Waals surface area contributed by atoms with E-state index >= 15 is 0 Å². The minimum atomic E-state index is -0.779. The van der Waals surface area contributed by atoms with Crippen LogP contribution in [-0.2, 0) is 14.2 Å². The maximum atomic E-state index is 10.2. The fraction of sp³-hybridized carbons (Fsp3) is 0.875. The third kappa shape index (κ3) is 3.93. The van der Waals surface area contributed by atoms with Gasteiger partial charge in [0.15, 0.2) is 5.79 Å². The van der Waals surface area contributed by atoms with Gasteiger partial charge in [0.1, 0.15) is 0 Å². The first-order valence-corrected chi connectivity index (χ1v) is 4.51. The SMILES string of the molecule is CC1(C)OCC(CCOC(=O)Cl)O1. The summed E-state index contributed by atoms with van der Waals surface area (Å²) < 4.78 is 15.4. The van der Waals surface area contributed by atoms with Crippen molar-refractivity contribution in [3.8, 4) is 0 Å². The Kier molecular flexibility index (Phi) is 3.53. The molecular formula is C8H13ClO4. The Balaban J connectivity index is 2.14. The Morgan fingerprint density at radius 1 is 1.69 bits per heavy atom. The van der Waals surface area contributed by atoms with E-state index in [4.69, 9.17) is 21.1 Å². The molecule has 0 bridgehead atoms. The second-order valence-corrected chi connectivity index (χ2v) is 3.63. The van der Waals surface area contributed by atoms with Gasteiger partial charge in [-0.05, 0) is 13.8 Å². The van der Waals surface area contributed by atoms with Crippen LogP contribution in [0, 0.1) is 0 Å². The van der Waals surface area contributed by atoms with Crippen LogP contribution in [0.2, 0.25) is 0 Å². The van der Waals surface area contributed by atoms with Crippen molar-refractivity contribution < 1.29 is 19.0 Å². The molecule has 13 heavy (non-hydrogen) atoms. The van der Waals surface area contributed by atoms with Crippen molar-refractivity contribution in [3.63, 3.8) is 0 Å². The Morgan fingerprint density at radius 2 is 2.38 bits per heavy atom. The minimum Gasteiger partial charge on any atom is -0.454 e. The van der Waals surface area contributed by atoms with Gasteiger partial charge in [-0.1, -0.05) is 0 Å². The number of hydrogen-bond donors (Lipinski definition) is 0. The normalized spacial score (nSPS) is 25.9. The first kappa shape index (κ1) is 10.8. The van der Waals surface area contributed by atoms with Gasteiger partial charge in [-0.3, -0.25) is 0 Å². The molecule has 1 aliphatic heterocycles. The second-order valence-electron chi connectivity index (χ2n) is 3.33. The van der Waals surface area contributed by atoms with Crippen molar-refractivity contribution in [1.29, 1.82) is 0 Å². The fourth-order valence-corrected chi connectivity index (χ4v) is 1.25. The van der Waals surface area contributed by atoms with Crippen LogP contribution in [0.5, 0.6) is 0 Å². The summed E-state index contributed by atoms with van der Waals surface area (Å²) in [5.74, 6) is -0.518. The molecule has 1 saturated heterocycles. The van der Waals surface area contributed by atoms with Crippen molar-refractivity contribution in [2.24, 2.45) is 0 Å². The molecule has 0 amide bonds. The Hall–Kier alpha value is -0.320. The monoisotopic (exact) mass is 208 g/mol. The predicted molar refractivity (Wildman–Crippen MR) is 46.7 cm³/mol. The lowest BCUT2D eigenvalue weighted by Crippen LogP contribution is -2.22. The van der Waals surface area contributed by atoms with E-state index in [0.29, 0.717) is 13.0 Å². The van der Waals surface area contributed by atoms with E-state index in [0.717, 1.165) is 0 Å². The van der Waals surface area contributed by atoms with Gasteiger partial charge in [0.25, 0.3) is 0 Å². The first-order chi connectivity index (χ1) is 5.99. The van der Waals surface area contributed by atoms with Gasteiger partial charge in [-0.25, -0.2) is 4.79 Å². The van der Waals surface area contributed by atoms with Crippen LogP contribution in [0.4, 0.5) is 4.79 Å². The van der Waals surface area contributed by atoms with Gasteiger partial charge in [0.05, 0.1) is 19.3 Å². The number of halogens is 1. The summed E-state index contributed by atoms with van der Waals surface area (Å²) in [6, 6.07) is 0. The zero-order valence-electron chi connectivity index (χ0n) is 7.71. The molecule has 1 heterocycles. The summed E-state index contributed by atoms with van der Waals surface area (Å²) >= 11 is 4.99. The molecule has 0 radical (unpaired) electrons. The molecule has 1 aliphatic rings. The van der Waals surface area contributed by atoms with Crippen LogP contribution in [-0.4, -0.2) is 30.5 Å². The van der Waals surface area contributed by atoms with Crippen molar-refractivity contribution >= 4 is 17.0 Å². The van der Waals surface area contributed by atoms with Crippen molar-refractivity contribution in [2.75, 3.05) is 13.2 Å². The van der Waals surface area contributed by atoms with Gasteiger partial charge in [-0.2, -0.15) is 0 Å². The summed E-state index contributed by atoms with van der Waals surface area (Å²) in [5.41, 5.74) is -0.779. The third-order valence-electron chi connectivity index (χ3n) is 1.72. The zero-order chi connectivity index (χ0) is 9.90. The molecule has 0 saturated carbocycles. The predicted octanol–water partition coefficient (Wildman–Crippen LogP) is 1.90. The van der Waals surface area contributed by atoms with E-state index in [1.54, 1.807) is 0 Å². The van der Waals surface area contributed by atoms with Crippen LogP contribution >= 0.6 is 11.6 Å². The Morgan fingerprint density at radius 3 is 2.85 bits per heavy atom. The maximum absolute atomic E-state index is 10.2. The maximum Gasteiger partial charge on any atom is 0.403 e. The molecule has 5 heteroatoms. The van der Waals surface area contributed by atoms with Crippen LogP contribution in [0.3, 0.4) is 0 Å². The summed E-state index contributed by atoms with van der Waals surface area (Å²) in [4.78, 5) is 10.2. The van der Waals surface area contributed by atoms with Crippen LogP contribution in [0.15, 0.2) is 0 Å². The summed E-state index contributed by atoms with van der Waals surface area (Å²) in [7, 11) is 0. The summed E-state index contributed by atoms with van der Waals surface area (Å²) in [6.45, 7) is 4.50. The molecule has 76 valence electrons. The molecule has 0 aromatic heterocycles. The smallest absolute Gasteiger partial charge is 0.403 e. The van der Waals surface area contributed by atoms with E-state index in [-0.39, 0.29) is 12.7 Å². The van der Waals surface area contributed by atoms with E-state index in [1.165, 1.54) is 0 Å². The summed E-state index contributed by atoms with van der Waals surface area (Å²) in [6.07, 6.45) is 0.605. The number of ether oxygens (including phenoxy) is 3. The van der Waals surface area contributed by atoms with Crippen LogP contribution < -0.4 is 0 Å². The van der Waals surface area contributed by atoms with E-state index < -0.39 is 11.2 Å². The highest BCUT2D eigenvalue weighted by Gasteiger charge is 2.32. The molecule has 1 unspecified atom stereocenters. The molecule has 0 spiro atoms. The number of carbonyl (C=O) groups is 1. The quantitative estimate of drug-likeness (QED) is 0.665. The lowest BCUT2D eigenvalue weighted by atomic mass is 10.3. The minimum absolute atomic E-state index is 0.00832. The van der Waals surface area contributed by atoms with Crippen LogP contribution in [0.25, 0.3) is 0 Å². The molecule has 1 atom stereocenters. The molecule has 1 rings (SSSR count). The van der Waals surface area contributed by atoms with Gasteiger partial charge in [0, 0.05) is 18.0 Å². The van der Waals surface area contributed by atoms with Gasteiger partial charge >= 0.3 is 5.43 Å². The van der Waals surface area contributed by atoms with E-state index in [9.17, 15) is 4.79 Å². The van der Waals surface area contributed by atoms with E-state index in [2.05, 4.69) is 4.74 Å². The lowest BCUT2D eigenvalue weighted by molar-refractivity contribution is -0.139. The highest BCUT2D eigenvalue weighted by molar-refractivity contribution is 6.61. The summed E-state index contributed by atoms with van der Waals surface area (Å²) in [5, 5.41) is 0. The molecule has 0 N–H and O–H groups in total. The van der Waals surface area contributed by atoms with Gasteiger partial charge < -0.3 is 14.2 Å². The van der Waals surface area contributed by atoms with Crippen molar-refractivity contribution in [2.45, 2.75) is 32.2 Å².